The van der Waals surface area contributed by atoms with Crippen LogP contribution < -0.4 is 5.32 Å². The van der Waals surface area contributed by atoms with E-state index in [-0.39, 0.29) is 0 Å². The van der Waals surface area contributed by atoms with Crippen LogP contribution in [0, 0.1) is 0 Å². The molecule has 1 unspecified atom stereocenters. The molecule has 2 saturated heterocycles. The lowest BCUT2D eigenvalue weighted by Gasteiger charge is -2.41. The molecule has 2 rings (SSSR count). The predicted molar refractivity (Wildman–Crippen MR) is 49.8 cm³/mol. The molecule has 2 fully saturated rings. The van der Waals surface area contributed by atoms with E-state index < -0.39 is 0 Å². The highest BCUT2D eigenvalue weighted by molar-refractivity contribution is 4.82. The van der Waals surface area contributed by atoms with Gasteiger partial charge in [0.05, 0.1) is 32.0 Å². The van der Waals surface area contributed by atoms with Crippen molar-refractivity contribution in [1.82, 2.24) is 10.2 Å². The minimum atomic E-state index is 0.361. The molecule has 0 aromatic rings. The molecule has 0 aromatic heterocycles. The van der Waals surface area contributed by atoms with Crippen LogP contribution in [0.25, 0.3) is 0 Å². The number of hydrogen-bond donors (Lipinski definition) is 1. The summed E-state index contributed by atoms with van der Waals surface area (Å²) in [7, 11) is 1.97. The molecular weight excluding hydrogens is 168 g/mol. The summed E-state index contributed by atoms with van der Waals surface area (Å²) < 4.78 is 10.8. The third-order valence-electron chi connectivity index (χ3n) is 2.74. The first-order valence-electron chi connectivity index (χ1n) is 4.98. The molecule has 76 valence electrons. The third-order valence-corrected chi connectivity index (χ3v) is 2.74. The highest BCUT2D eigenvalue weighted by Gasteiger charge is 2.30. The lowest BCUT2D eigenvalue weighted by Crippen LogP contribution is -2.56. The van der Waals surface area contributed by atoms with Crippen LogP contribution in [0.1, 0.15) is 0 Å². The van der Waals surface area contributed by atoms with Crippen molar-refractivity contribution < 1.29 is 9.47 Å². The fourth-order valence-corrected chi connectivity index (χ4v) is 1.86. The Bertz CT molecular complexity index is 160. The maximum Gasteiger partial charge on any atom is 0.0826 e. The van der Waals surface area contributed by atoms with Gasteiger partial charge in [0.2, 0.25) is 0 Å². The molecule has 2 heterocycles. The summed E-state index contributed by atoms with van der Waals surface area (Å²) in [5.41, 5.74) is 0. The monoisotopic (exact) mass is 186 g/mol. The zero-order valence-corrected chi connectivity index (χ0v) is 8.16. The van der Waals surface area contributed by atoms with Gasteiger partial charge in [-0.2, -0.15) is 0 Å². The summed E-state index contributed by atoms with van der Waals surface area (Å²) in [6.45, 7) is 5.74. The van der Waals surface area contributed by atoms with Crippen LogP contribution >= 0.6 is 0 Å². The van der Waals surface area contributed by atoms with Gasteiger partial charge in [0, 0.05) is 19.6 Å². The molecule has 0 bridgehead atoms. The molecular formula is C9H18N2O2. The molecule has 2 aliphatic rings. The van der Waals surface area contributed by atoms with Gasteiger partial charge in [-0.25, -0.2) is 0 Å². The minimum Gasteiger partial charge on any atom is -0.378 e. The maximum absolute atomic E-state index is 5.62. The van der Waals surface area contributed by atoms with E-state index in [1.165, 1.54) is 0 Å². The molecule has 1 atom stereocenters. The van der Waals surface area contributed by atoms with Gasteiger partial charge in [0.15, 0.2) is 0 Å². The second-order valence-electron chi connectivity index (χ2n) is 3.74. The highest BCUT2D eigenvalue weighted by Crippen LogP contribution is 2.14. The Morgan fingerprint density at radius 1 is 1.46 bits per heavy atom. The van der Waals surface area contributed by atoms with Crippen LogP contribution in [-0.4, -0.2) is 63.5 Å². The van der Waals surface area contributed by atoms with Gasteiger partial charge in [0.25, 0.3) is 0 Å². The van der Waals surface area contributed by atoms with E-state index in [4.69, 9.17) is 9.47 Å². The largest absolute Gasteiger partial charge is 0.378 e. The van der Waals surface area contributed by atoms with E-state index in [0.717, 1.165) is 39.5 Å². The van der Waals surface area contributed by atoms with Crippen LogP contribution in [0.15, 0.2) is 0 Å². The molecule has 0 aromatic carbocycles. The van der Waals surface area contributed by atoms with Crippen molar-refractivity contribution in [3.8, 4) is 0 Å². The van der Waals surface area contributed by atoms with Gasteiger partial charge in [-0.3, -0.25) is 4.90 Å². The molecule has 0 amide bonds. The zero-order valence-electron chi connectivity index (χ0n) is 8.16. The average molecular weight is 186 g/mol. The van der Waals surface area contributed by atoms with Gasteiger partial charge < -0.3 is 14.8 Å². The molecule has 0 radical (unpaired) electrons. The van der Waals surface area contributed by atoms with Crippen LogP contribution in [-0.2, 0) is 9.47 Å². The van der Waals surface area contributed by atoms with E-state index in [9.17, 15) is 0 Å². The SMILES string of the molecule is CNCC1CN(C2COC2)CCO1. The average Bonchev–Trinajstić information content (AvgIpc) is 2.02. The second kappa shape index (κ2) is 4.37. The van der Waals surface area contributed by atoms with Crippen molar-refractivity contribution >= 4 is 0 Å². The van der Waals surface area contributed by atoms with Gasteiger partial charge >= 0.3 is 0 Å². The van der Waals surface area contributed by atoms with Crippen molar-refractivity contribution in [2.75, 3.05) is 46.5 Å². The van der Waals surface area contributed by atoms with Crippen molar-refractivity contribution in [1.29, 1.82) is 0 Å². The predicted octanol–water partition coefficient (Wildman–Crippen LogP) is -0.695. The number of nitrogens with zero attached hydrogens (tertiary/aromatic N) is 1. The first-order chi connectivity index (χ1) is 6.40. The molecule has 0 spiro atoms. The van der Waals surface area contributed by atoms with E-state index in [2.05, 4.69) is 10.2 Å². The molecule has 4 heteroatoms. The Kier molecular flexibility index (Phi) is 3.16. The highest BCUT2D eigenvalue weighted by atomic mass is 16.5. The number of morpholine rings is 1. The van der Waals surface area contributed by atoms with Crippen LogP contribution in [0.4, 0.5) is 0 Å². The second-order valence-corrected chi connectivity index (χ2v) is 3.74. The smallest absolute Gasteiger partial charge is 0.0826 e. The molecule has 1 N–H and O–H groups in total. The summed E-state index contributed by atoms with van der Waals surface area (Å²) in [6, 6.07) is 0.656. The van der Waals surface area contributed by atoms with Crippen molar-refractivity contribution in [3.63, 3.8) is 0 Å². The number of hydrogen-bond acceptors (Lipinski definition) is 4. The zero-order chi connectivity index (χ0) is 9.10. The van der Waals surface area contributed by atoms with E-state index in [0.29, 0.717) is 12.1 Å². The van der Waals surface area contributed by atoms with E-state index >= 15 is 0 Å². The van der Waals surface area contributed by atoms with Crippen LogP contribution in [0.5, 0.6) is 0 Å². The fraction of sp³-hybridized carbons (Fsp3) is 1.00. The lowest BCUT2D eigenvalue weighted by molar-refractivity contribution is -0.112. The van der Waals surface area contributed by atoms with Gasteiger partial charge in [0.1, 0.15) is 0 Å². The summed E-state index contributed by atoms with van der Waals surface area (Å²) in [4.78, 5) is 2.48. The van der Waals surface area contributed by atoms with Crippen molar-refractivity contribution in [2.24, 2.45) is 0 Å². The molecule has 0 saturated carbocycles. The normalized spacial score (nSPS) is 31.6. The van der Waals surface area contributed by atoms with Gasteiger partial charge in [-0.05, 0) is 7.05 Å². The summed E-state index contributed by atoms with van der Waals surface area (Å²) in [5.74, 6) is 0. The van der Waals surface area contributed by atoms with Crippen molar-refractivity contribution in [3.05, 3.63) is 0 Å². The molecule has 4 nitrogen and oxygen atoms in total. The summed E-state index contributed by atoms with van der Waals surface area (Å²) >= 11 is 0. The maximum atomic E-state index is 5.62. The summed E-state index contributed by atoms with van der Waals surface area (Å²) in [6.07, 6.45) is 0.361. The Hall–Kier alpha value is -0.160. The third kappa shape index (κ3) is 2.20. The van der Waals surface area contributed by atoms with E-state index in [1.54, 1.807) is 0 Å². The fourth-order valence-electron chi connectivity index (χ4n) is 1.86. The molecule has 13 heavy (non-hydrogen) atoms. The lowest BCUT2D eigenvalue weighted by atomic mass is 10.1. The summed E-state index contributed by atoms with van der Waals surface area (Å²) in [5, 5.41) is 3.15. The van der Waals surface area contributed by atoms with Gasteiger partial charge in [-0.15, -0.1) is 0 Å². The Balaban J connectivity index is 1.77. The number of rotatable bonds is 3. The standard InChI is InChI=1S/C9H18N2O2/c1-10-4-9-5-11(2-3-13-9)8-6-12-7-8/h8-10H,2-7H2,1H3. The number of nitrogens with one attached hydrogen (secondary N) is 1. The number of likely N-dealkylation sites (N-methyl/N-ethyl adjacent to an activating group) is 1. The van der Waals surface area contributed by atoms with Gasteiger partial charge in [-0.1, -0.05) is 0 Å². The quantitative estimate of drug-likeness (QED) is 0.632. The Morgan fingerprint density at radius 2 is 2.31 bits per heavy atom. The topological polar surface area (TPSA) is 33.7 Å². The minimum absolute atomic E-state index is 0.361. The van der Waals surface area contributed by atoms with E-state index in [1.807, 2.05) is 7.05 Å². The first-order valence-corrected chi connectivity index (χ1v) is 4.98. The first kappa shape index (κ1) is 9.40. The van der Waals surface area contributed by atoms with Crippen LogP contribution in [0.3, 0.4) is 0 Å². The Morgan fingerprint density at radius 3 is 2.92 bits per heavy atom. The molecule has 2 aliphatic heterocycles. The number of ether oxygens (including phenoxy) is 2. The Labute approximate surface area is 79.2 Å². The molecule has 0 aliphatic carbocycles. The van der Waals surface area contributed by atoms with Crippen molar-refractivity contribution in [2.45, 2.75) is 12.1 Å². The van der Waals surface area contributed by atoms with Crippen LogP contribution in [0.2, 0.25) is 0 Å².